The summed E-state index contributed by atoms with van der Waals surface area (Å²) in [6.07, 6.45) is 8.12. The van der Waals surface area contributed by atoms with E-state index in [0.717, 1.165) is 31.9 Å². The Morgan fingerprint density at radius 3 is 2.61 bits per heavy atom. The highest BCUT2D eigenvalue weighted by atomic mass is 16.3. The number of nitrogens with zero attached hydrogens (tertiary/aromatic N) is 2. The molecule has 0 amide bonds. The van der Waals surface area contributed by atoms with Crippen LogP contribution in [0.4, 0.5) is 0 Å². The first-order valence-corrected chi connectivity index (χ1v) is 9.02. The minimum atomic E-state index is -0.689. The number of rotatable bonds is 2. The summed E-state index contributed by atoms with van der Waals surface area (Å²) in [6.45, 7) is 10.1. The molecule has 2 aliphatic heterocycles. The highest BCUT2D eigenvalue weighted by molar-refractivity contribution is 5.82. The molecule has 0 aromatic rings. The number of fused-ring (bicyclic) bond motifs is 1. The number of hydrogen-bond acceptors (Lipinski definition) is 5. The molecular formula is C18H33N3O2. The second kappa shape index (κ2) is 10.4. The van der Waals surface area contributed by atoms with Crippen molar-refractivity contribution in [3.63, 3.8) is 0 Å². The lowest BCUT2D eigenvalue weighted by Gasteiger charge is -2.38. The lowest BCUT2D eigenvalue weighted by molar-refractivity contribution is -0.0495. The van der Waals surface area contributed by atoms with Crippen molar-refractivity contribution in [1.29, 1.82) is 0 Å². The summed E-state index contributed by atoms with van der Waals surface area (Å²) in [4.78, 5) is 6.55. The van der Waals surface area contributed by atoms with Gasteiger partial charge in [0.05, 0.1) is 18.7 Å². The zero-order valence-electron chi connectivity index (χ0n) is 15.0. The number of hydrogen-bond donors (Lipinski definition) is 3. The van der Waals surface area contributed by atoms with Crippen molar-refractivity contribution in [2.45, 2.75) is 65.2 Å². The van der Waals surface area contributed by atoms with E-state index < -0.39 is 12.2 Å². The van der Waals surface area contributed by atoms with E-state index in [-0.39, 0.29) is 6.04 Å². The van der Waals surface area contributed by atoms with Crippen LogP contribution in [0.3, 0.4) is 0 Å². The SMILES string of the molecule is CC.CC.OC1CCN2C(NCC3=CCCC=C3)=NCC2C1O. The third-order valence-corrected chi connectivity index (χ3v) is 4.08. The molecule has 0 aromatic carbocycles. The van der Waals surface area contributed by atoms with Crippen LogP contribution < -0.4 is 5.32 Å². The van der Waals surface area contributed by atoms with Crippen LogP contribution in [0.1, 0.15) is 47.0 Å². The molecule has 1 saturated heterocycles. The summed E-state index contributed by atoms with van der Waals surface area (Å²) in [5, 5.41) is 23.0. The molecular weight excluding hydrogens is 290 g/mol. The van der Waals surface area contributed by atoms with Gasteiger partial charge in [-0.15, -0.1) is 0 Å². The van der Waals surface area contributed by atoms with Gasteiger partial charge in [0.2, 0.25) is 0 Å². The smallest absolute Gasteiger partial charge is 0.194 e. The maximum Gasteiger partial charge on any atom is 0.194 e. The van der Waals surface area contributed by atoms with Crippen molar-refractivity contribution in [1.82, 2.24) is 10.2 Å². The molecule has 0 spiro atoms. The number of aliphatic hydroxyl groups excluding tert-OH is 2. The average Bonchev–Trinajstić information content (AvgIpc) is 3.04. The molecule has 1 aliphatic carbocycles. The monoisotopic (exact) mass is 323 g/mol. The Labute approximate surface area is 140 Å². The van der Waals surface area contributed by atoms with Crippen LogP contribution >= 0.6 is 0 Å². The Balaban J connectivity index is 0.000000615. The first kappa shape index (κ1) is 19.7. The number of allylic oxidation sites excluding steroid dienone is 2. The molecule has 1 fully saturated rings. The largest absolute Gasteiger partial charge is 0.390 e. The first-order valence-electron chi connectivity index (χ1n) is 9.02. The van der Waals surface area contributed by atoms with Crippen LogP contribution in [0.25, 0.3) is 0 Å². The third kappa shape index (κ3) is 5.08. The maximum atomic E-state index is 9.97. The highest BCUT2D eigenvalue weighted by Gasteiger charge is 2.40. The molecule has 0 saturated carbocycles. The second-order valence-corrected chi connectivity index (χ2v) is 5.38. The third-order valence-electron chi connectivity index (χ3n) is 4.08. The van der Waals surface area contributed by atoms with Crippen LogP contribution in [0, 0.1) is 0 Å². The fourth-order valence-corrected chi connectivity index (χ4v) is 2.93. The van der Waals surface area contributed by atoms with Crippen LogP contribution in [0.15, 0.2) is 28.8 Å². The molecule has 3 atom stereocenters. The molecule has 0 aromatic heterocycles. The van der Waals surface area contributed by atoms with Crippen molar-refractivity contribution in [3.8, 4) is 0 Å². The Morgan fingerprint density at radius 1 is 1.22 bits per heavy atom. The van der Waals surface area contributed by atoms with E-state index >= 15 is 0 Å². The van der Waals surface area contributed by atoms with Crippen molar-refractivity contribution < 1.29 is 10.2 Å². The van der Waals surface area contributed by atoms with Gasteiger partial charge in [-0.2, -0.15) is 0 Å². The summed E-state index contributed by atoms with van der Waals surface area (Å²) >= 11 is 0. The average molecular weight is 323 g/mol. The molecule has 3 aliphatic rings. The molecule has 0 bridgehead atoms. The van der Waals surface area contributed by atoms with Gasteiger partial charge in [0.15, 0.2) is 5.96 Å². The van der Waals surface area contributed by atoms with Crippen LogP contribution in [-0.2, 0) is 0 Å². The minimum Gasteiger partial charge on any atom is -0.390 e. The molecule has 3 N–H and O–H groups in total. The molecule has 0 radical (unpaired) electrons. The van der Waals surface area contributed by atoms with Crippen molar-refractivity contribution in [3.05, 3.63) is 23.8 Å². The summed E-state index contributed by atoms with van der Waals surface area (Å²) in [7, 11) is 0. The van der Waals surface area contributed by atoms with Gasteiger partial charge in [-0.1, -0.05) is 45.9 Å². The van der Waals surface area contributed by atoms with Gasteiger partial charge in [0.1, 0.15) is 6.10 Å². The van der Waals surface area contributed by atoms with Gasteiger partial charge < -0.3 is 20.4 Å². The zero-order chi connectivity index (χ0) is 17.2. The minimum absolute atomic E-state index is 0.0675. The van der Waals surface area contributed by atoms with Crippen molar-refractivity contribution >= 4 is 5.96 Å². The van der Waals surface area contributed by atoms with E-state index in [9.17, 15) is 10.2 Å². The molecule has 5 heteroatoms. The van der Waals surface area contributed by atoms with Crippen molar-refractivity contribution in [2.24, 2.45) is 4.99 Å². The predicted molar refractivity (Wildman–Crippen MR) is 96.6 cm³/mol. The number of piperidine rings is 1. The van der Waals surface area contributed by atoms with E-state index in [1.165, 1.54) is 5.57 Å². The van der Waals surface area contributed by atoms with E-state index in [4.69, 9.17) is 0 Å². The fourth-order valence-electron chi connectivity index (χ4n) is 2.93. The number of guanidine groups is 1. The van der Waals surface area contributed by atoms with E-state index in [1.807, 2.05) is 27.7 Å². The van der Waals surface area contributed by atoms with Gasteiger partial charge in [0.25, 0.3) is 0 Å². The predicted octanol–water partition coefficient (Wildman–Crippen LogP) is 2.07. The van der Waals surface area contributed by atoms with E-state index in [1.54, 1.807) is 0 Å². The highest BCUT2D eigenvalue weighted by Crippen LogP contribution is 2.22. The Kier molecular flexibility index (Phi) is 8.95. The maximum absolute atomic E-state index is 9.97. The van der Waals surface area contributed by atoms with Gasteiger partial charge in [-0.25, -0.2) is 0 Å². The summed E-state index contributed by atoms with van der Waals surface area (Å²) in [6, 6.07) is -0.0675. The number of aliphatic hydroxyl groups is 2. The quantitative estimate of drug-likeness (QED) is 0.728. The normalized spacial score (nSPS) is 28.4. The standard InChI is InChI=1S/C14H21N3O2.2C2H6/c18-12-6-7-17-11(13(12)19)9-16-14(17)15-8-10-4-2-1-3-5-10;2*1-2/h2,4-5,11-13,18-19H,1,3,6-9H2,(H,15,16);2*1-2H3. The zero-order valence-corrected chi connectivity index (χ0v) is 15.0. The van der Waals surface area contributed by atoms with Gasteiger partial charge in [-0.3, -0.25) is 4.99 Å². The van der Waals surface area contributed by atoms with E-state index in [2.05, 4.69) is 33.4 Å². The summed E-state index contributed by atoms with van der Waals surface area (Å²) < 4.78 is 0. The van der Waals surface area contributed by atoms with Crippen LogP contribution in [0.2, 0.25) is 0 Å². The summed E-state index contributed by atoms with van der Waals surface area (Å²) in [5.41, 5.74) is 1.29. The van der Waals surface area contributed by atoms with Gasteiger partial charge >= 0.3 is 0 Å². The lowest BCUT2D eigenvalue weighted by atomic mass is 9.97. The fraction of sp³-hybridized carbons (Fsp3) is 0.722. The summed E-state index contributed by atoms with van der Waals surface area (Å²) in [5.74, 6) is 0.857. The Hall–Kier alpha value is -1.33. The Morgan fingerprint density at radius 2 is 1.96 bits per heavy atom. The molecule has 3 unspecified atom stereocenters. The molecule has 23 heavy (non-hydrogen) atoms. The molecule has 5 nitrogen and oxygen atoms in total. The molecule has 2 heterocycles. The van der Waals surface area contributed by atoms with Crippen LogP contribution in [0.5, 0.6) is 0 Å². The van der Waals surface area contributed by atoms with Gasteiger partial charge in [-0.05, 0) is 24.8 Å². The second-order valence-electron chi connectivity index (χ2n) is 5.38. The van der Waals surface area contributed by atoms with Crippen LogP contribution in [-0.4, -0.2) is 59.0 Å². The Bertz CT molecular complexity index is 432. The van der Waals surface area contributed by atoms with Gasteiger partial charge in [0, 0.05) is 13.1 Å². The molecule has 3 rings (SSSR count). The molecule has 132 valence electrons. The van der Waals surface area contributed by atoms with Crippen molar-refractivity contribution in [2.75, 3.05) is 19.6 Å². The van der Waals surface area contributed by atoms with E-state index in [0.29, 0.717) is 13.0 Å². The number of aliphatic imine (C=N–C) groups is 1. The number of nitrogens with one attached hydrogen (secondary N) is 1. The first-order chi connectivity index (χ1) is 11.3. The topological polar surface area (TPSA) is 68.1 Å². The lowest BCUT2D eigenvalue weighted by Crippen LogP contribution is -2.57.